The molecule has 0 saturated heterocycles. The van der Waals surface area contributed by atoms with Crippen LogP contribution >= 0.6 is 0 Å². The third kappa shape index (κ3) is 4.69. The van der Waals surface area contributed by atoms with Gasteiger partial charge in [0.15, 0.2) is 6.73 Å². The summed E-state index contributed by atoms with van der Waals surface area (Å²) in [5, 5.41) is 21.1. The van der Waals surface area contributed by atoms with Gasteiger partial charge in [-0.1, -0.05) is 17.7 Å². The number of aromatic nitrogens is 4. The van der Waals surface area contributed by atoms with Gasteiger partial charge in [-0.05, 0) is 30.4 Å². The number of carbonyl (C=O) groups excluding carboxylic acids is 1. The minimum atomic E-state index is -0.617. The SMILES string of the molecule is Cc1ccc(OCn2cc(NC(=O)Cn3ccc([N+](=O)[O-])n3)cn2)c(C)c1. The third-order valence-corrected chi connectivity index (χ3v) is 3.72. The molecule has 0 radical (unpaired) electrons. The van der Waals surface area contributed by atoms with Gasteiger partial charge >= 0.3 is 5.82 Å². The van der Waals surface area contributed by atoms with Gasteiger partial charge in [-0.25, -0.2) is 4.68 Å². The first-order chi connectivity index (χ1) is 12.9. The van der Waals surface area contributed by atoms with E-state index >= 15 is 0 Å². The van der Waals surface area contributed by atoms with Crippen molar-refractivity contribution in [1.29, 1.82) is 0 Å². The molecule has 0 aliphatic rings. The van der Waals surface area contributed by atoms with E-state index in [1.807, 2.05) is 32.0 Å². The summed E-state index contributed by atoms with van der Waals surface area (Å²) in [6.45, 7) is 4.04. The lowest BCUT2D eigenvalue weighted by atomic mass is 10.1. The molecule has 0 bridgehead atoms. The molecule has 1 N–H and O–H groups in total. The molecule has 3 aromatic rings. The summed E-state index contributed by atoms with van der Waals surface area (Å²) in [6.07, 6.45) is 4.50. The number of anilines is 1. The Hall–Kier alpha value is -3.69. The lowest BCUT2D eigenvalue weighted by Crippen LogP contribution is -2.18. The molecule has 0 saturated carbocycles. The number of hydrogen-bond donors (Lipinski definition) is 1. The Labute approximate surface area is 154 Å². The number of carbonyl (C=O) groups is 1. The second kappa shape index (κ2) is 7.68. The summed E-state index contributed by atoms with van der Waals surface area (Å²) in [5.41, 5.74) is 2.68. The first kappa shape index (κ1) is 18.1. The Balaban J connectivity index is 1.53. The van der Waals surface area contributed by atoms with Crippen LogP contribution in [0.3, 0.4) is 0 Å². The van der Waals surface area contributed by atoms with Crippen LogP contribution in [0.25, 0.3) is 0 Å². The van der Waals surface area contributed by atoms with Gasteiger partial charge in [0.25, 0.3) is 0 Å². The second-order valence-corrected chi connectivity index (χ2v) is 5.99. The summed E-state index contributed by atoms with van der Waals surface area (Å²) in [6, 6.07) is 7.14. The molecular weight excluding hydrogens is 352 g/mol. The molecular formula is C17H18N6O4. The van der Waals surface area contributed by atoms with Crippen LogP contribution in [-0.4, -0.2) is 30.4 Å². The van der Waals surface area contributed by atoms with Crippen molar-refractivity contribution in [2.45, 2.75) is 27.1 Å². The molecule has 27 heavy (non-hydrogen) atoms. The van der Waals surface area contributed by atoms with Crippen LogP contribution in [0.5, 0.6) is 5.75 Å². The van der Waals surface area contributed by atoms with Gasteiger partial charge in [0.05, 0.1) is 35.4 Å². The summed E-state index contributed by atoms with van der Waals surface area (Å²) >= 11 is 0. The van der Waals surface area contributed by atoms with E-state index < -0.39 is 4.92 Å². The van der Waals surface area contributed by atoms with Gasteiger partial charge in [-0.2, -0.15) is 9.78 Å². The average molecular weight is 370 g/mol. The Morgan fingerprint density at radius 2 is 2.11 bits per heavy atom. The van der Waals surface area contributed by atoms with Gasteiger partial charge in [-0.15, -0.1) is 0 Å². The number of nitro groups is 1. The van der Waals surface area contributed by atoms with Crippen molar-refractivity contribution in [2.75, 3.05) is 5.32 Å². The zero-order chi connectivity index (χ0) is 19.4. The molecule has 0 unspecified atom stereocenters. The molecule has 140 valence electrons. The monoisotopic (exact) mass is 370 g/mol. The highest BCUT2D eigenvalue weighted by Gasteiger charge is 2.14. The Bertz CT molecular complexity index is 977. The van der Waals surface area contributed by atoms with Crippen LogP contribution < -0.4 is 10.1 Å². The van der Waals surface area contributed by atoms with E-state index in [1.54, 1.807) is 10.9 Å². The normalized spacial score (nSPS) is 10.6. The largest absolute Gasteiger partial charge is 0.471 e. The van der Waals surface area contributed by atoms with Crippen molar-refractivity contribution >= 4 is 17.4 Å². The second-order valence-electron chi connectivity index (χ2n) is 5.99. The quantitative estimate of drug-likeness (QED) is 0.504. The molecule has 0 aliphatic heterocycles. The zero-order valence-corrected chi connectivity index (χ0v) is 14.8. The van der Waals surface area contributed by atoms with Crippen molar-refractivity contribution in [1.82, 2.24) is 19.6 Å². The van der Waals surface area contributed by atoms with E-state index in [0.29, 0.717) is 5.69 Å². The lowest BCUT2D eigenvalue weighted by molar-refractivity contribution is -0.389. The number of ether oxygens (including phenoxy) is 1. The van der Waals surface area contributed by atoms with Crippen LogP contribution in [0.1, 0.15) is 11.1 Å². The van der Waals surface area contributed by atoms with E-state index in [-0.39, 0.29) is 25.0 Å². The minimum Gasteiger partial charge on any atom is -0.471 e. The van der Waals surface area contributed by atoms with Crippen LogP contribution in [0.4, 0.5) is 11.5 Å². The fourth-order valence-corrected chi connectivity index (χ4v) is 2.48. The summed E-state index contributed by atoms with van der Waals surface area (Å²) in [7, 11) is 0. The molecule has 2 heterocycles. The fraction of sp³-hybridized carbons (Fsp3) is 0.235. The molecule has 10 nitrogen and oxygen atoms in total. The van der Waals surface area contributed by atoms with Gasteiger partial charge in [0, 0.05) is 0 Å². The third-order valence-electron chi connectivity index (χ3n) is 3.72. The maximum Gasteiger partial charge on any atom is 0.389 e. The van der Waals surface area contributed by atoms with E-state index in [9.17, 15) is 14.9 Å². The standard InChI is InChI=1S/C17H18N6O4/c1-12-3-4-15(13(2)7-12)27-11-22-9-14(8-18-22)19-17(24)10-21-6-5-16(20-21)23(25)26/h3-9H,10-11H2,1-2H3,(H,19,24). The fourth-order valence-electron chi connectivity index (χ4n) is 2.48. The number of amides is 1. The van der Waals surface area contributed by atoms with Crippen molar-refractivity contribution in [3.8, 4) is 5.75 Å². The molecule has 0 spiro atoms. The predicted molar refractivity (Wildman–Crippen MR) is 96.3 cm³/mol. The van der Waals surface area contributed by atoms with Crippen molar-refractivity contribution in [3.63, 3.8) is 0 Å². The van der Waals surface area contributed by atoms with E-state index in [4.69, 9.17) is 4.74 Å². The highest BCUT2D eigenvalue weighted by molar-refractivity contribution is 5.90. The van der Waals surface area contributed by atoms with Crippen molar-refractivity contribution < 1.29 is 14.5 Å². The van der Waals surface area contributed by atoms with Crippen LogP contribution in [0.15, 0.2) is 42.9 Å². The summed E-state index contributed by atoms with van der Waals surface area (Å²) in [5.74, 6) is 0.0870. The number of nitrogens with one attached hydrogen (secondary N) is 1. The maximum absolute atomic E-state index is 12.0. The molecule has 10 heteroatoms. The predicted octanol–water partition coefficient (Wildman–Crippen LogP) is 2.28. The van der Waals surface area contributed by atoms with Gasteiger partial charge in [-0.3, -0.25) is 4.79 Å². The van der Waals surface area contributed by atoms with E-state index in [0.717, 1.165) is 16.9 Å². The number of hydrogen-bond acceptors (Lipinski definition) is 6. The maximum atomic E-state index is 12.0. The van der Waals surface area contributed by atoms with Crippen molar-refractivity contribution in [3.05, 3.63) is 64.1 Å². The number of aryl methyl sites for hydroxylation is 2. The number of rotatable bonds is 7. The average Bonchev–Trinajstić information content (AvgIpc) is 3.23. The van der Waals surface area contributed by atoms with E-state index in [2.05, 4.69) is 15.5 Å². The number of nitrogens with zero attached hydrogens (tertiary/aromatic N) is 5. The summed E-state index contributed by atoms with van der Waals surface area (Å²) < 4.78 is 8.47. The molecule has 3 rings (SSSR count). The molecule has 0 fully saturated rings. The van der Waals surface area contributed by atoms with Crippen LogP contribution in [0, 0.1) is 24.0 Å². The zero-order valence-electron chi connectivity index (χ0n) is 14.8. The van der Waals surface area contributed by atoms with E-state index in [1.165, 1.54) is 23.1 Å². The smallest absolute Gasteiger partial charge is 0.389 e. The molecule has 1 amide bonds. The minimum absolute atomic E-state index is 0.141. The molecule has 0 atom stereocenters. The highest BCUT2D eigenvalue weighted by atomic mass is 16.6. The first-order valence-electron chi connectivity index (χ1n) is 8.11. The Morgan fingerprint density at radius 3 is 2.81 bits per heavy atom. The Kier molecular flexibility index (Phi) is 5.15. The summed E-state index contributed by atoms with van der Waals surface area (Å²) in [4.78, 5) is 22.0. The van der Waals surface area contributed by atoms with Crippen LogP contribution in [0.2, 0.25) is 0 Å². The first-order valence-corrected chi connectivity index (χ1v) is 8.11. The topological polar surface area (TPSA) is 117 Å². The lowest BCUT2D eigenvalue weighted by Gasteiger charge is -2.09. The van der Waals surface area contributed by atoms with Gasteiger partial charge in [0.2, 0.25) is 5.91 Å². The molecule has 1 aromatic carbocycles. The molecule has 0 aliphatic carbocycles. The van der Waals surface area contributed by atoms with Crippen LogP contribution in [-0.2, 0) is 18.1 Å². The van der Waals surface area contributed by atoms with Gasteiger partial charge in [0.1, 0.15) is 12.3 Å². The van der Waals surface area contributed by atoms with Crippen molar-refractivity contribution in [2.24, 2.45) is 0 Å². The molecule has 2 aromatic heterocycles. The number of benzene rings is 1. The highest BCUT2D eigenvalue weighted by Crippen LogP contribution is 2.19. The van der Waals surface area contributed by atoms with Gasteiger partial charge < -0.3 is 20.2 Å². The Morgan fingerprint density at radius 1 is 1.30 bits per heavy atom.